The summed E-state index contributed by atoms with van der Waals surface area (Å²) >= 11 is 0. The first kappa shape index (κ1) is 12.6. The molecule has 1 aromatic carbocycles. The fourth-order valence-corrected chi connectivity index (χ4v) is 1.39. The molecule has 0 bridgehead atoms. The Morgan fingerprint density at radius 1 is 1.47 bits per heavy atom. The summed E-state index contributed by atoms with van der Waals surface area (Å²) in [7, 11) is 0. The molecule has 1 heterocycles. The number of nitrogens with one attached hydrogen (secondary N) is 1. The quantitative estimate of drug-likeness (QED) is 0.495. The highest BCUT2D eigenvalue weighted by molar-refractivity contribution is 6.03. The van der Waals surface area contributed by atoms with Crippen LogP contribution < -0.4 is 5.32 Å². The molecule has 1 aromatic heterocycles. The lowest BCUT2D eigenvalue weighted by molar-refractivity contribution is -0.384. The molecule has 0 aliphatic rings. The highest BCUT2D eigenvalue weighted by Crippen LogP contribution is 2.28. The van der Waals surface area contributed by atoms with Crippen molar-refractivity contribution in [3.05, 3.63) is 45.8 Å². The summed E-state index contributed by atoms with van der Waals surface area (Å²) in [6.45, 7) is 1.66. The number of non-ortho nitro benzene ring substituents is 1. The van der Waals surface area contributed by atoms with Gasteiger partial charge in [0.1, 0.15) is 5.75 Å². The predicted molar refractivity (Wildman–Crippen MR) is 64.0 cm³/mol. The molecular weight excluding hydrogens is 254 g/mol. The van der Waals surface area contributed by atoms with Crippen LogP contribution in [-0.4, -0.2) is 21.1 Å². The number of amides is 1. The summed E-state index contributed by atoms with van der Waals surface area (Å²) < 4.78 is 4.75. The summed E-state index contributed by atoms with van der Waals surface area (Å²) in [5, 5.41) is 26.0. The topological polar surface area (TPSA) is 118 Å². The number of aromatic hydroxyl groups is 1. The third-order valence-electron chi connectivity index (χ3n) is 2.29. The van der Waals surface area contributed by atoms with E-state index >= 15 is 0 Å². The van der Waals surface area contributed by atoms with Gasteiger partial charge in [0.25, 0.3) is 11.6 Å². The van der Waals surface area contributed by atoms with Crippen LogP contribution >= 0.6 is 0 Å². The number of nitrogens with zero attached hydrogens (tertiary/aromatic N) is 2. The Hall–Kier alpha value is -2.90. The molecule has 0 radical (unpaired) electrons. The molecule has 2 aromatic rings. The second kappa shape index (κ2) is 4.77. The third-order valence-corrected chi connectivity index (χ3v) is 2.29. The van der Waals surface area contributed by atoms with Gasteiger partial charge in [-0.3, -0.25) is 14.9 Å². The first-order valence-corrected chi connectivity index (χ1v) is 5.19. The van der Waals surface area contributed by atoms with Crippen molar-refractivity contribution in [2.45, 2.75) is 6.92 Å². The number of nitro groups is 1. The predicted octanol–water partition coefficient (Wildman–Crippen LogP) is 1.85. The van der Waals surface area contributed by atoms with E-state index in [-0.39, 0.29) is 17.1 Å². The Labute approximate surface area is 106 Å². The molecule has 8 nitrogen and oxygen atoms in total. The molecular formula is C11H9N3O5. The van der Waals surface area contributed by atoms with Crippen LogP contribution in [0.2, 0.25) is 0 Å². The van der Waals surface area contributed by atoms with Gasteiger partial charge in [-0.25, -0.2) is 0 Å². The molecule has 19 heavy (non-hydrogen) atoms. The molecule has 1 amide bonds. The molecule has 2 N–H and O–H groups in total. The van der Waals surface area contributed by atoms with Crippen molar-refractivity contribution in [1.29, 1.82) is 0 Å². The number of nitro benzene ring substituents is 1. The smallest absolute Gasteiger partial charge is 0.294 e. The van der Waals surface area contributed by atoms with E-state index in [9.17, 15) is 20.0 Å². The highest BCUT2D eigenvalue weighted by atomic mass is 16.6. The van der Waals surface area contributed by atoms with Crippen molar-refractivity contribution in [3.8, 4) is 5.75 Å². The van der Waals surface area contributed by atoms with Gasteiger partial charge in [-0.1, -0.05) is 5.16 Å². The number of aromatic nitrogens is 1. The lowest BCUT2D eigenvalue weighted by Crippen LogP contribution is -2.11. The largest absolute Gasteiger partial charge is 0.506 e. The normalized spacial score (nSPS) is 10.2. The zero-order valence-corrected chi connectivity index (χ0v) is 9.78. The monoisotopic (exact) mass is 263 g/mol. The number of benzene rings is 1. The van der Waals surface area contributed by atoms with Gasteiger partial charge in [0, 0.05) is 12.1 Å². The number of aryl methyl sites for hydroxylation is 1. The molecule has 0 saturated carbocycles. The molecule has 8 heteroatoms. The van der Waals surface area contributed by atoms with Gasteiger partial charge in [0.05, 0.1) is 22.4 Å². The van der Waals surface area contributed by atoms with E-state index in [2.05, 4.69) is 10.5 Å². The Morgan fingerprint density at radius 2 is 2.21 bits per heavy atom. The van der Waals surface area contributed by atoms with E-state index in [1.54, 1.807) is 6.92 Å². The molecule has 0 unspecified atom stereocenters. The van der Waals surface area contributed by atoms with Gasteiger partial charge in [-0.2, -0.15) is 0 Å². The summed E-state index contributed by atoms with van der Waals surface area (Å²) in [4.78, 5) is 21.6. The van der Waals surface area contributed by atoms with Gasteiger partial charge in [-0.05, 0) is 13.0 Å². The fourth-order valence-electron chi connectivity index (χ4n) is 1.39. The third kappa shape index (κ3) is 2.68. The number of phenolic OH excluding ortho intramolecular Hbond substituents is 1. The summed E-state index contributed by atoms with van der Waals surface area (Å²) in [5.41, 5.74) is 0.314. The molecule has 0 aliphatic carbocycles. The molecule has 0 spiro atoms. The van der Waals surface area contributed by atoms with E-state index in [0.717, 1.165) is 6.07 Å². The summed E-state index contributed by atoms with van der Waals surface area (Å²) in [5.74, 6) is -1.03. The average Bonchev–Trinajstić information content (AvgIpc) is 2.78. The first-order valence-electron chi connectivity index (χ1n) is 5.19. The molecule has 2 rings (SSSR count). The lowest BCUT2D eigenvalue weighted by atomic mass is 10.2. The van der Waals surface area contributed by atoms with E-state index in [1.165, 1.54) is 18.2 Å². The van der Waals surface area contributed by atoms with Gasteiger partial charge in [0.2, 0.25) is 5.76 Å². The Balaban J connectivity index is 2.20. The molecule has 0 aliphatic heterocycles. The van der Waals surface area contributed by atoms with E-state index < -0.39 is 16.6 Å². The van der Waals surface area contributed by atoms with Crippen molar-refractivity contribution >= 4 is 17.3 Å². The molecule has 0 atom stereocenters. The maximum Gasteiger partial charge on any atom is 0.294 e. The van der Waals surface area contributed by atoms with E-state index in [0.29, 0.717) is 5.69 Å². The second-order valence-electron chi connectivity index (χ2n) is 3.75. The first-order chi connectivity index (χ1) is 8.97. The maximum absolute atomic E-state index is 11.7. The number of anilines is 1. The summed E-state index contributed by atoms with van der Waals surface area (Å²) in [6, 6.07) is 4.77. The van der Waals surface area contributed by atoms with Crippen LogP contribution in [-0.2, 0) is 0 Å². The number of hydrogen-bond donors (Lipinski definition) is 2. The number of hydrogen-bond acceptors (Lipinski definition) is 6. The number of rotatable bonds is 3. The van der Waals surface area contributed by atoms with Crippen molar-refractivity contribution in [1.82, 2.24) is 5.16 Å². The van der Waals surface area contributed by atoms with Gasteiger partial charge in [0.15, 0.2) is 0 Å². The zero-order chi connectivity index (χ0) is 14.0. The summed E-state index contributed by atoms with van der Waals surface area (Å²) in [6.07, 6.45) is 0. The minimum absolute atomic E-state index is 0.0183. The van der Waals surface area contributed by atoms with Crippen LogP contribution in [0.1, 0.15) is 16.2 Å². The number of carbonyl (C=O) groups is 1. The van der Waals surface area contributed by atoms with Crippen LogP contribution in [0.5, 0.6) is 5.75 Å². The minimum Gasteiger partial charge on any atom is -0.506 e. The average molecular weight is 263 g/mol. The van der Waals surface area contributed by atoms with Crippen LogP contribution in [0.4, 0.5) is 11.4 Å². The van der Waals surface area contributed by atoms with E-state index in [4.69, 9.17) is 4.52 Å². The number of phenols is 1. The number of carbonyl (C=O) groups excluding carboxylic acids is 1. The van der Waals surface area contributed by atoms with Crippen molar-refractivity contribution in [3.63, 3.8) is 0 Å². The second-order valence-corrected chi connectivity index (χ2v) is 3.75. The molecule has 0 saturated heterocycles. The van der Waals surface area contributed by atoms with Gasteiger partial charge >= 0.3 is 0 Å². The van der Waals surface area contributed by atoms with Crippen molar-refractivity contribution < 1.29 is 19.3 Å². The minimum atomic E-state index is -0.648. The fraction of sp³-hybridized carbons (Fsp3) is 0.0909. The highest BCUT2D eigenvalue weighted by Gasteiger charge is 2.15. The van der Waals surface area contributed by atoms with Crippen LogP contribution in [0.25, 0.3) is 0 Å². The lowest BCUT2D eigenvalue weighted by Gasteiger charge is -2.04. The van der Waals surface area contributed by atoms with Gasteiger partial charge < -0.3 is 14.9 Å². The Bertz CT molecular complexity index is 650. The van der Waals surface area contributed by atoms with Crippen LogP contribution in [0, 0.1) is 17.0 Å². The zero-order valence-electron chi connectivity index (χ0n) is 9.78. The van der Waals surface area contributed by atoms with Crippen molar-refractivity contribution in [2.75, 3.05) is 5.32 Å². The molecule has 98 valence electrons. The van der Waals surface area contributed by atoms with Crippen LogP contribution in [0.15, 0.2) is 28.8 Å². The Morgan fingerprint density at radius 3 is 2.74 bits per heavy atom. The van der Waals surface area contributed by atoms with Gasteiger partial charge in [-0.15, -0.1) is 0 Å². The SMILES string of the molecule is Cc1cc(C(=O)Nc2ccc([N+](=O)[O-])cc2O)on1. The standard InChI is InChI=1S/C11H9N3O5/c1-6-4-10(19-13-6)11(16)12-8-3-2-7(14(17)18)5-9(8)15/h2-5,15H,1H3,(H,12,16). The van der Waals surface area contributed by atoms with E-state index in [1.807, 2.05) is 0 Å². The molecule has 0 fully saturated rings. The Kier molecular flexibility index (Phi) is 3.15. The maximum atomic E-state index is 11.7. The van der Waals surface area contributed by atoms with Crippen LogP contribution in [0.3, 0.4) is 0 Å². The van der Waals surface area contributed by atoms with Crippen molar-refractivity contribution in [2.24, 2.45) is 0 Å².